The molecule has 0 atom stereocenters. The molecule has 0 saturated heterocycles. The van der Waals surface area contributed by atoms with Gasteiger partial charge in [0.25, 0.3) is 0 Å². The number of thioether (sulfide) groups is 2. The minimum Gasteiger partial charge on any atom is -0.255 e. The molecule has 0 N–H and O–H groups in total. The summed E-state index contributed by atoms with van der Waals surface area (Å²) in [5.74, 6) is 0. The zero-order chi connectivity index (χ0) is 32.1. The van der Waals surface area contributed by atoms with E-state index < -0.39 is 10.2 Å². The first-order valence-corrected chi connectivity index (χ1v) is 16.8. The van der Waals surface area contributed by atoms with Gasteiger partial charge >= 0.3 is 16.5 Å². The van der Waals surface area contributed by atoms with Crippen LogP contribution in [0.25, 0.3) is 45.6 Å². The van der Waals surface area contributed by atoms with Gasteiger partial charge in [0.1, 0.15) is 0 Å². The molecule has 0 saturated carbocycles. The van der Waals surface area contributed by atoms with Crippen molar-refractivity contribution >= 4 is 23.5 Å². The summed E-state index contributed by atoms with van der Waals surface area (Å²) in [5.41, 5.74) is 7.00. The van der Waals surface area contributed by atoms with Crippen LogP contribution in [0.5, 0.6) is 0 Å². The monoisotopic (exact) mass is 715 g/mol. The predicted molar refractivity (Wildman–Crippen MR) is 165 cm³/mol. The number of aromatic nitrogens is 6. The van der Waals surface area contributed by atoms with Gasteiger partial charge in [0, 0.05) is 34.6 Å². The molecule has 0 radical (unpaired) electrons. The second-order valence-electron chi connectivity index (χ2n) is 8.79. The molecule has 0 aliphatic carbocycles. The minimum atomic E-state index is -4.94. The molecule has 0 bridgehead atoms. The van der Waals surface area contributed by atoms with Gasteiger partial charge in [-0.3, -0.25) is 19.9 Å². The number of hydrogen-bond donors (Lipinski definition) is 0. The fraction of sp³-hybridized carbons (Fsp3) is 0.0625. The van der Waals surface area contributed by atoms with Crippen molar-refractivity contribution in [3.8, 4) is 45.6 Å². The molecule has 0 fully saturated rings. The third-order valence-corrected chi connectivity index (χ3v) is 7.19. The molecule has 14 heteroatoms. The quantitative estimate of drug-likeness (QED) is 0.183. The van der Waals surface area contributed by atoms with Crippen molar-refractivity contribution < 1.29 is 45.4 Å². The summed E-state index contributed by atoms with van der Waals surface area (Å²) in [6, 6.07) is 31.6. The average molecular weight is 717 g/mol. The topological polar surface area (TPSA) is 170 Å². The van der Waals surface area contributed by atoms with Gasteiger partial charge in [-0.25, -0.2) is 28.6 Å². The van der Waals surface area contributed by atoms with Gasteiger partial charge in [-0.15, -0.1) is 33.8 Å². The first-order valence-electron chi connectivity index (χ1n) is 13.1. The minimum absolute atomic E-state index is 0. The Bertz CT molecular complexity index is 1530. The molecule has 6 aromatic rings. The molecule has 0 unspecified atom stereocenters. The van der Waals surface area contributed by atoms with Gasteiger partial charge in [-0.05, 0) is 85.3 Å². The maximum atomic E-state index is 8.49. The Hall–Kier alpha value is -3.78. The second kappa shape index (κ2) is 18.4. The Balaban J connectivity index is 0.000000215. The maximum Gasteiger partial charge on any atom is 2.00 e. The van der Waals surface area contributed by atoms with Gasteiger partial charge in [0.05, 0.1) is 45.6 Å². The molecule has 0 amide bonds. The molecule has 6 aromatic heterocycles. The molecule has 6 heterocycles. The van der Waals surface area contributed by atoms with Crippen molar-refractivity contribution in [2.75, 3.05) is 12.5 Å². The van der Waals surface area contributed by atoms with E-state index in [2.05, 4.69) is 66.7 Å². The SMILES string of the molecule is CSc1cc(-c2ccccn2)nc(-c2ccccn2)c1.CSc1cc(-c2ccccn2)nc(-c2ccccn2)c1.[Ni+2].[O-][Cl+3]([O-])([O-])[O-]. The van der Waals surface area contributed by atoms with Gasteiger partial charge < -0.3 is 0 Å². The van der Waals surface area contributed by atoms with Crippen LogP contribution in [-0.2, 0) is 16.5 Å². The molecule has 0 aliphatic rings. The Kier molecular flexibility index (Phi) is 14.7. The van der Waals surface area contributed by atoms with Gasteiger partial charge in [-0.2, -0.15) is 0 Å². The number of hydrogen-bond acceptors (Lipinski definition) is 12. The van der Waals surface area contributed by atoms with E-state index in [1.54, 1.807) is 48.3 Å². The van der Waals surface area contributed by atoms with Crippen molar-refractivity contribution in [2.45, 2.75) is 9.79 Å². The number of rotatable bonds is 6. The molecule has 10 nitrogen and oxygen atoms in total. The molecule has 46 heavy (non-hydrogen) atoms. The zero-order valence-corrected chi connectivity index (χ0v) is 27.8. The van der Waals surface area contributed by atoms with E-state index in [0.29, 0.717) is 0 Å². The smallest absolute Gasteiger partial charge is 0.255 e. The normalized spacial score (nSPS) is 10.4. The van der Waals surface area contributed by atoms with E-state index in [1.807, 2.05) is 72.8 Å². The fourth-order valence-corrected chi connectivity index (χ4v) is 4.75. The van der Waals surface area contributed by atoms with Crippen LogP contribution >= 0.6 is 23.5 Å². The number of pyridine rings is 6. The average Bonchev–Trinajstić information content (AvgIpc) is 3.09. The van der Waals surface area contributed by atoms with Crippen LogP contribution < -0.4 is 18.6 Å². The van der Waals surface area contributed by atoms with Crippen LogP contribution in [0, 0.1) is 10.2 Å². The van der Waals surface area contributed by atoms with E-state index in [0.717, 1.165) is 55.3 Å². The summed E-state index contributed by atoms with van der Waals surface area (Å²) in [7, 11) is -4.94. The van der Waals surface area contributed by atoms with Crippen LogP contribution in [0.3, 0.4) is 0 Å². The van der Waals surface area contributed by atoms with Crippen molar-refractivity contribution in [2.24, 2.45) is 0 Å². The molecule has 0 aliphatic heterocycles. The van der Waals surface area contributed by atoms with E-state index in [9.17, 15) is 0 Å². The van der Waals surface area contributed by atoms with E-state index in [4.69, 9.17) is 18.6 Å². The van der Waals surface area contributed by atoms with Crippen LogP contribution in [0.1, 0.15) is 0 Å². The molecule has 6 rings (SSSR count). The third-order valence-electron chi connectivity index (χ3n) is 5.78. The third kappa shape index (κ3) is 11.9. The Morgan fingerprint density at radius 2 is 0.674 bits per heavy atom. The summed E-state index contributed by atoms with van der Waals surface area (Å²) in [6.45, 7) is 0. The van der Waals surface area contributed by atoms with E-state index >= 15 is 0 Å². The summed E-state index contributed by atoms with van der Waals surface area (Å²) >= 11 is 3.38. The van der Waals surface area contributed by atoms with Gasteiger partial charge in [0.15, 0.2) is 0 Å². The predicted octanol–water partition coefficient (Wildman–Crippen LogP) is 3.10. The first kappa shape index (κ1) is 36.7. The van der Waals surface area contributed by atoms with E-state index in [1.165, 1.54) is 0 Å². The molecule has 0 aromatic carbocycles. The van der Waals surface area contributed by atoms with Crippen LogP contribution in [0.2, 0.25) is 0 Å². The molecular weight excluding hydrogens is 691 g/mol. The maximum absolute atomic E-state index is 8.49. The van der Waals surface area contributed by atoms with Crippen LogP contribution in [0.15, 0.2) is 132 Å². The fourth-order valence-electron chi connectivity index (χ4n) is 3.83. The number of nitrogens with zero attached hydrogens (tertiary/aromatic N) is 6. The molecule has 0 spiro atoms. The summed E-state index contributed by atoms with van der Waals surface area (Å²) < 4.78 is 34.0. The molecule has 236 valence electrons. The summed E-state index contributed by atoms with van der Waals surface area (Å²) in [4.78, 5) is 29.1. The van der Waals surface area contributed by atoms with Crippen LogP contribution in [-0.4, -0.2) is 42.4 Å². The standard InChI is InChI=1S/2C16H13N3S.ClHO4.Ni/c2*1-20-12-10-15(13-6-2-4-8-17-13)19-16(11-12)14-7-3-5-9-18-14;2-1(3,4)5;/h2*2-11H,1H3;(H,2,3,4,5);/q;;;+2/p-1. The van der Waals surface area contributed by atoms with Crippen molar-refractivity contribution in [1.29, 1.82) is 0 Å². The van der Waals surface area contributed by atoms with E-state index in [-0.39, 0.29) is 16.5 Å². The van der Waals surface area contributed by atoms with Crippen molar-refractivity contribution in [3.63, 3.8) is 0 Å². The largest absolute Gasteiger partial charge is 2.00 e. The summed E-state index contributed by atoms with van der Waals surface area (Å²) in [5, 5.41) is 0. The molecular formula is C32H26ClN6NiO4S2+. The van der Waals surface area contributed by atoms with Crippen molar-refractivity contribution in [3.05, 3.63) is 122 Å². The van der Waals surface area contributed by atoms with Crippen molar-refractivity contribution in [1.82, 2.24) is 29.9 Å². The Morgan fingerprint density at radius 3 is 0.848 bits per heavy atom. The van der Waals surface area contributed by atoms with Crippen LogP contribution in [0.4, 0.5) is 0 Å². The van der Waals surface area contributed by atoms with Gasteiger partial charge in [0.2, 0.25) is 0 Å². The number of halogens is 1. The zero-order valence-electron chi connectivity index (χ0n) is 24.4. The summed E-state index contributed by atoms with van der Waals surface area (Å²) in [6.07, 6.45) is 11.2. The Morgan fingerprint density at radius 1 is 0.435 bits per heavy atom. The second-order valence-corrected chi connectivity index (χ2v) is 11.3. The van der Waals surface area contributed by atoms with Gasteiger partial charge in [-0.1, -0.05) is 24.3 Å². The Labute approximate surface area is 287 Å². The first-order chi connectivity index (χ1) is 21.7.